The zero-order valence-corrected chi connectivity index (χ0v) is 64.6. The van der Waals surface area contributed by atoms with Crippen LogP contribution >= 0.6 is 0 Å². The van der Waals surface area contributed by atoms with Crippen LogP contribution in [0.2, 0.25) is 0 Å². The van der Waals surface area contributed by atoms with E-state index in [9.17, 15) is 69.6 Å². The van der Waals surface area contributed by atoms with Gasteiger partial charge in [0.2, 0.25) is 29.5 Å². The van der Waals surface area contributed by atoms with Crippen LogP contribution in [0, 0.1) is 5.92 Å². The van der Waals surface area contributed by atoms with E-state index in [1.807, 2.05) is 0 Å². The number of rotatable bonds is 40. The van der Waals surface area contributed by atoms with Gasteiger partial charge in [-0.05, 0) is 104 Å². The highest BCUT2D eigenvalue weighted by Gasteiger charge is 2.62. The lowest BCUT2D eigenvalue weighted by Crippen LogP contribution is -2.71. The molecule has 7 rings (SSSR count). The van der Waals surface area contributed by atoms with Crippen LogP contribution in [-0.4, -0.2) is 262 Å². The zero-order valence-electron chi connectivity index (χ0n) is 64.6. The Morgan fingerprint density at radius 1 is 0.486 bits per heavy atom. The molecule has 0 aromatic carbocycles. The van der Waals surface area contributed by atoms with E-state index in [-0.39, 0.29) is 37.0 Å². The molecule has 5 amide bonds. The Labute approximate surface area is 631 Å². The van der Waals surface area contributed by atoms with Gasteiger partial charge in [0, 0.05) is 58.9 Å². The van der Waals surface area contributed by atoms with E-state index in [0.717, 1.165) is 77.6 Å². The van der Waals surface area contributed by atoms with Gasteiger partial charge in [0.15, 0.2) is 43.8 Å². The smallest absolute Gasteiger partial charge is 0.335 e. The number of amides is 5. The number of allylic oxidation sites excluding steroid dienone is 2. The first-order chi connectivity index (χ1) is 51.3. The van der Waals surface area contributed by atoms with E-state index in [4.69, 9.17) is 56.8 Å². The molecule has 0 bridgehead atoms. The molecule has 1 aliphatic carbocycles. The zero-order chi connectivity index (χ0) is 77.9. The van der Waals surface area contributed by atoms with Crippen molar-refractivity contribution >= 4 is 35.5 Å². The van der Waals surface area contributed by atoms with Crippen molar-refractivity contribution in [1.82, 2.24) is 26.6 Å². The Morgan fingerprint density at radius 2 is 1.03 bits per heavy atom. The number of aliphatic hydroxyl groups excluding tert-OH is 7. The number of carboxylic acids is 1. The molecule has 31 nitrogen and oxygen atoms in total. The Kier molecular flexibility index (Phi) is 38.3. The summed E-state index contributed by atoms with van der Waals surface area (Å²) in [5.74, 6) is -3.34. The molecule has 0 aromatic rings. The second kappa shape index (κ2) is 45.5. The molecule has 16 unspecified atom stereocenters. The second-order valence-corrected chi connectivity index (χ2v) is 30.5. The van der Waals surface area contributed by atoms with Gasteiger partial charge in [0.25, 0.3) is 0 Å². The summed E-state index contributed by atoms with van der Waals surface area (Å²) in [4.78, 5) is 79.4. The predicted molar refractivity (Wildman–Crippen MR) is 386 cm³/mol. The summed E-state index contributed by atoms with van der Waals surface area (Å²) >= 11 is 0. The standard InChI is InChI=1S/C76H131N5O26/c1-10-13-14-15-23-30-40-96-62-44(5)98-71(53(57(62)89)78-46(7)83)105-67-60(92)59(91)66(69(94)95)104-74(67)103-64-55(80-48(9)85)72(99-45(6)63(64)101-73-61(93)58(90)56(88)50(42-82)100-73)102-65-54(79-47(8)84)70(107-75-68(65)106-75)97-41-31-24-29-39-77-51(86)35-27-28-36-52(87)81-76(12-3,38-37-43(4)32-11-2)49-33-25-21-19-17-16-18-20-22-26-34-49/h32,44-45,49-50,53-68,70-75,82,88-93H,10-31,33-42H2,1-9H3,(H,77,86)(H,78,83)(H,79,84)(H,80,85)(H,81,87)(H,94,95)/b43-32-/t44?,45?,50?,53?,54?,55?,56-,57?,58?,59+,60?,61?,62-,63-,64?,65?,66?,67?,68-,70-,71+,72+,73+,74-,75?,76?/m1/s1. The number of hydrogen-bond acceptors (Lipinski definition) is 25. The molecule has 0 radical (unpaired) electrons. The van der Waals surface area contributed by atoms with Gasteiger partial charge in [0.05, 0.1) is 18.8 Å². The molecule has 13 N–H and O–H groups in total. The number of carboxylic acid groups (broad SMARTS) is 1. The maximum Gasteiger partial charge on any atom is 0.335 e. The molecule has 616 valence electrons. The van der Waals surface area contributed by atoms with Gasteiger partial charge < -0.3 is 124 Å². The van der Waals surface area contributed by atoms with Crippen LogP contribution in [0.3, 0.4) is 0 Å². The highest BCUT2D eigenvalue weighted by Crippen LogP contribution is 2.43. The fourth-order valence-corrected chi connectivity index (χ4v) is 15.9. The van der Waals surface area contributed by atoms with Crippen LogP contribution in [0.1, 0.15) is 242 Å². The highest BCUT2D eigenvalue weighted by atomic mass is 16.8. The van der Waals surface area contributed by atoms with Crippen molar-refractivity contribution < 1.29 is 126 Å². The number of ether oxygens (including phenoxy) is 12. The minimum absolute atomic E-state index is 0.0510. The predicted octanol–water partition coefficient (Wildman–Crippen LogP) is 4.24. The molecule has 107 heavy (non-hydrogen) atoms. The monoisotopic (exact) mass is 1530 g/mol. The summed E-state index contributed by atoms with van der Waals surface area (Å²) in [6.07, 6.45) is -7.15. The van der Waals surface area contributed by atoms with Gasteiger partial charge in [-0.25, -0.2) is 4.79 Å². The minimum atomic E-state index is -2.24. The fourth-order valence-electron chi connectivity index (χ4n) is 15.9. The Hall–Kier alpha value is -4.20. The van der Waals surface area contributed by atoms with E-state index in [0.29, 0.717) is 57.4 Å². The van der Waals surface area contributed by atoms with Crippen LogP contribution in [0.25, 0.3) is 0 Å². The molecule has 7 aliphatic rings. The van der Waals surface area contributed by atoms with Crippen LogP contribution in [0.15, 0.2) is 11.6 Å². The molecule has 26 atom stereocenters. The normalized spacial score (nSPS) is 35.9. The summed E-state index contributed by atoms with van der Waals surface area (Å²) in [7, 11) is 0. The summed E-state index contributed by atoms with van der Waals surface area (Å²) in [5, 5.41) is 104. The van der Waals surface area contributed by atoms with Gasteiger partial charge in [-0.15, -0.1) is 0 Å². The first kappa shape index (κ1) is 90.0. The van der Waals surface area contributed by atoms with E-state index in [1.165, 1.54) is 84.1 Å². The summed E-state index contributed by atoms with van der Waals surface area (Å²) in [6, 6.07) is -4.22. The van der Waals surface area contributed by atoms with Crippen LogP contribution < -0.4 is 26.6 Å². The van der Waals surface area contributed by atoms with Crippen molar-refractivity contribution in [2.75, 3.05) is 26.4 Å². The molecule has 6 heterocycles. The summed E-state index contributed by atoms with van der Waals surface area (Å²) in [6.45, 7) is 15.2. The Bertz CT molecular complexity index is 2710. The molecular formula is C76H131N5O26. The topological polar surface area (TPSA) is 438 Å². The third-order valence-corrected chi connectivity index (χ3v) is 21.9. The molecule has 31 heteroatoms. The van der Waals surface area contributed by atoms with Crippen LogP contribution in [0.4, 0.5) is 0 Å². The van der Waals surface area contributed by atoms with Crippen molar-refractivity contribution in [3.05, 3.63) is 11.6 Å². The lowest BCUT2D eigenvalue weighted by molar-refractivity contribution is -0.386. The number of epoxide rings is 1. The van der Waals surface area contributed by atoms with Crippen LogP contribution in [0.5, 0.6) is 0 Å². The SMILES string of the molecule is CC/C=C(/C)CCC(CC)(NC(=O)CCCCC(=O)NCCCCCO[C@@H]1OC2O[C@@H]2C(O[C@@H]2OC(C)[C@@H](O[C@@H]3OC(CO)[C@@H](O)C(O)C3O)C(O[C@@H]3OC(C(=O)O)[C@@H](O)C(O)C3O[C@@H]3OC(C)[C@@H](OCCCCCCCC)C(O)C3NC(C)=O)C2NC(C)=O)C1NC(C)=O)C1CCCCCCCCCCC1. The lowest BCUT2D eigenvalue weighted by atomic mass is 9.72. The number of carbonyl (C=O) groups is 6. The summed E-state index contributed by atoms with van der Waals surface area (Å²) in [5.41, 5.74) is 1.08. The van der Waals surface area contributed by atoms with Gasteiger partial charge in [-0.3, -0.25) is 24.0 Å². The van der Waals surface area contributed by atoms with Crippen molar-refractivity contribution in [1.29, 1.82) is 0 Å². The maximum atomic E-state index is 13.8. The third-order valence-electron chi connectivity index (χ3n) is 21.9. The van der Waals surface area contributed by atoms with Gasteiger partial charge >= 0.3 is 5.97 Å². The molecule has 6 saturated heterocycles. The Balaban J connectivity index is 1.02. The number of unbranched alkanes of at least 4 members (excludes halogenated alkanes) is 8. The number of hydrogen-bond donors (Lipinski definition) is 13. The van der Waals surface area contributed by atoms with Gasteiger partial charge in [-0.2, -0.15) is 0 Å². The molecular weight excluding hydrogens is 1400 g/mol. The number of fused-ring (bicyclic) bond motifs is 1. The van der Waals surface area contributed by atoms with Crippen molar-refractivity contribution in [2.24, 2.45) is 5.92 Å². The lowest BCUT2D eigenvalue weighted by Gasteiger charge is -2.51. The van der Waals surface area contributed by atoms with E-state index >= 15 is 0 Å². The van der Waals surface area contributed by atoms with Crippen molar-refractivity contribution in [3.8, 4) is 0 Å². The van der Waals surface area contributed by atoms with E-state index in [2.05, 4.69) is 60.4 Å². The minimum Gasteiger partial charge on any atom is -0.479 e. The second-order valence-electron chi connectivity index (χ2n) is 30.5. The molecule has 1 saturated carbocycles. The first-order valence-corrected chi connectivity index (χ1v) is 40.0. The average molecular weight is 1530 g/mol. The van der Waals surface area contributed by atoms with Gasteiger partial charge in [0.1, 0.15) is 97.5 Å². The highest BCUT2D eigenvalue weighted by molar-refractivity contribution is 5.78. The largest absolute Gasteiger partial charge is 0.479 e. The fraction of sp³-hybridized carbons (Fsp3) is 0.895. The average Bonchev–Trinajstić information content (AvgIpc) is 1.71. The Morgan fingerprint density at radius 3 is 1.64 bits per heavy atom. The van der Waals surface area contributed by atoms with Crippen LogP contribution in [-0.2, 0) is 85.6 Å². The van der Waals surface area contributed by atoms with Gasteiger partial charge in [-0.1, -0.05) is 122 Å². The first-order valence-electron chi connectivity index (χ1n) is 40.0. The molecule has 7 fully saturated rings. The number of nitrogens with one attached hydrogen (secondary N) is 5. The van der Waals surface area contributed by atoms with E-state index in [1.54, 1.807) is 6.92 Å². The van der Waals surface area contributed by atoms with Crippen molar-refractivity contribution in [3.63, 3.8) is 0 Å². The molecule has 6 aliphatic heterocycles. The van der Waals surface area contributed by atoms with E-state index < -0.39 is 184 Å². The summed E-state index contributed by atoms with van der Waals surface area (Å²) < 4.78 is 75.4. The number of aliphatic hydroxyl groups is 7. The molecule has 0 spiro atoms. The maximum absolute atomic E-state index is 13.8. The number of carbonyl (C=O) groups excluding carboxylic acids is 5. The van der Waals surface area contributed by atoms with Crippen molar-refractivity contribution in [2.45, 2.75) is 401 Å². The number of aliphatic carboxylic acids is 1. The quantitative estimate of drug-likeness (QED) is 0.0232. The third kappa shape index (κ3) is 26.7. The molecule has 0 aromatic heterocycles.